The van der Waals surface area contributed by atoms with Gasteiger partial charge in [-0.3, -0.25) is 14.6 Å². The summed E-state index contributed by atoms with van der Waals surface area (Å²) in [4.78, 5) is 26.2. The van der Waals surface area contributed by atoms with E-state index in [-0.39, 0.29) is 5.91 Å². The third-order valence-corrected chi connectivity index (χ3v) is 4.10. The average molecular weight is 380 g/mol. The van der Waals surface area contributed by atoms with Crippen molar-refractivity contribution in [1.29, 1.82) is 0 Å². The fourth-order valence-corrected chi connectivity index (χ4v) is 2.32. The van der Waals surface area contributed by atoms with Crippen LogP contribution in [0, 0.1) is 27.7 Å². The van der Waals surface area contributed by atoms with E-state index in [2.05, 4.69) is 10.3 Å². The van der Waals surface area contributed by atoms with Crippen LogP contribution in [-0.4, -0.2) is 22.9 Å². The van der Waals surface area contributed by atoms with Crippen molar-refractivity contribution in [2.75, 3.05) is 0 Å². The number of hydrogen-bond donors (Lipinski definition) is 1. The second-order valence-corrected chi connectivity index (χ2v) is 6.13. The zero-order valence-electron chi connectivity index (χ0n) is 16.0. The molecule has 0 saturated heterocycles. The maximum Gasteiger partial charge on any atom is 0.449 e. The molecule has 1 aromatic heterocycles. The Morgan fingerprint density at radius 2 is 1.48 bits per heavy atom. The van der Waals surface area contributed by atoms with Gasteiger partial charge in [-0.15, -0.1) is 0 Å². The van der Waals surface area contributed by atoms with Crippen molar-refractivity contribution in [2.45, 2.75) is 47.3 Å². The third-order valence-electron chi connectivity index (χ3n) is 4.10. The molecule has 0 radical (unpaired) electrons. The van der Waals surface area contributed by atoms with Crippen LogP contribution >= 0.6 is 0 Å². The smallest absolute Gasteiger partial charge is 0.348 e. The van der Waals surface area contributed by atoms with Crippen molar-refractivity contribution in [3.05, 3.63) is 64.0 Å². The van der Waals surface area contributed by atoms with Gasteiger partial charge in [0.25, 0.3) is 5.91 Å². The van der Waals surface area contributed by atoms with Gasteiger partial charge in [0.15, 0.2) is 0 Å². The van der Waals surface area contributed by atoms with E-state index in [4.69, 9.17) is 0 Å². The van der Waals surface area contributed by atoms with Gasteiger partial charge < -0.3 is 5.32 Å². The van der Waals surface area contributed by atoms with Gasteiger partial charge in [0.2, 0.25) is 5.78 Å². The minimum atomic E-state index is -4.64. The van der Waals surface area contributed by atoms with E-state index in [9.17, 15) is 22.8 Å². The molecule has 0 aliphatic heterocycles. The maximum atomic E-state index is 12.4. The predicted molar refractivity (Wildman–Crippen MR) is 97.5 cm³/mol. The van der Waals surface area contributed by atoms with E-state index in [0.29, 0.717) is 19.0 Å². The summed E-state index contributed by atoms with van der Waals surface area (Å²) in [6, 6.07) is 9.90. The molecule has 0 bridgehead atoms. The van der Waals surface area contributed by atoms with Gasteiger partial charge in [-0.2, -0.15) is 13.2 Å². The van der Waals surface area contributed by atoms with E-state index in [0.717, 1.165) is 28.1 Å². The summed E-state index contributed by atoms with van der Waals surface area (Å²) in [5.41, 5.74) is 5.66. The second kappa shape index (κ2) is 9.30. The lowest BCUT2D eigenvalue weighted by Gasteiger charge is -2.14. The molecule has 0 fully saturated rings. The molecule has 1 amide bonds. The van der Waals surface area contributed by atoms with Gasteiger partial charge >= 0.3 is 6.18 Å². The number of ketones is 1. The van der Waals surface area contributed by atoms with Crippen LogP contribution in [-0.2, 0) is 11.3 Å². The highest BCUT2D eigenvalue weighted by molar-refractivity contribution is 5.97. The lowest BCUT2D eigenvalue weighted by molar-refractivity contribution is -0.168. The molecule has 2 aromatic rings. The Hall–Kier alpha value is -2.70. The number of carbonyl (C=O) groups is 2. The van der Waals surface area contributed by atoms with Gasteiger partial charge in [-0.05, 0) is 44.4 Å². The van der Waals surface area contributed by atoms with Crippen molar-refractivity contribution in [1.82, 2.24) is 10.3 Å². The summed E-state index contributed by atoms with van der Waals surface area (Å²) in [6.45, 7) is 8.86. The molecule has 1 N–H and O–H groups in total. The standard InChI is InChI=1S/C17H20N2O.C3H3F3O/c1-11-12(2)16(14(4)19-13(11)3)17(20)18-10-15-8-6-5-7-9-15;1-2(7)3(4,5)6/h5-9H,10H2,1-4H3,(H,18,20);1H3. The Morgan fingerprint density at radius 1 is 0.963 bits per heavy atom. The second-order valence-electron chi connectivity index (χ2n) is 6.13. The summed E-state index contributed by atoms with van der Waals surface area (Å²) in [7, 11) is 0. The monoisotopic (exact) mass is 380 g/mol. The average Bonchev–Trinajstić information content (AvgIpc) is 2.58. The molecule has 0 aliphatic rings. The van der Waals surface area contributed by atoms with Gasteiger partial charge in [-0.1, -0.05) is 30.3 Å². The minimum absolute atomic E-state index is 0.0561. The normalized spacial score (nSPS) is 10.7. The van der Waals surface area contributed by atoms with Crippen LogP contribution in [0.1, 0.15) is 45.4 Å². The van der Waals surface area contributed by atoms with Crippen LogP contribution in [0.5, 0.6) is 0 Å². The Bertz CT molecular complexity index is 816. The number of pyridine rings is 1. The summed E-state index contributed by atoms with van der Waals surface area (Å²) in [5.74, 6) is -1.81. The van der Waals surface area contributed by atoms with Crippen molar-refractivity contribution >= 4 is 11.7 Å². The van der Waals surface area contributed by atoms with E-state index in [1.54, 1.807) is 0 Å². The molecule has 7 heteroatoms. The zero-order chi connectivity index (χ0) is 20.8. The number of halogens is 3. The third kappa shape index (κ3) is 6.51. The summed E-state index contributed by atoms with van der Waals surface area (Å²) >= 11 is 0. The number of rotatable bonds is 3. The zero-order valence-corrected chi connectivity index (χ0v) is 16.0. The number of aromatic nitrogens is 1. The first-order valence-electron chi connectivity index (χ1n) is 8.29. The maximum absolute atomic E-state index is 12.4. The van der Waals surface area contributed by atoms with E-state index < -0.39 is 12.0 Å². The molecule has 0 spiro atoms. The number of hydrogen-bond acceptors (Lipinski definition) is 3. The summed E-state index contributed by atoms with van der Waals surface area (Å²) < 4.78 is 32.5. The Kier molecular flexibility index (Phi) is 7.69. The highest BCUT2D eigenvalue weighted by Crippen LogP contribution is 2.18. The van der Waals surface area contributed by atoms with E-state index >= 15 is 0 Å². The van der Waals surface area contributed by atoms with Crippen LogP contribution in [0.15, 0.2) is 30.3 Å². The van der Waals surface area contributed by atoms with Gasteiger partial charge in [0.1, 0.15) is 0 Å². The summed E-state index contributed by atoms with van der Waals surface area (Å²) in [6.07, 6.45) is -4.64. The molecule has 146 valence electrons. The first-order chi connectivity index (χ1) is 12.4. The molecule has 0 aliphatic carbocycles. The van der Waals surface area contributed by atoms with E-state index in [1.165, 1.54) is 0 Å². The van der Waals surface area contributed by atoms with Gasteiger partial charge in [0, 0.05) is 19.2 Å². The molecule has 1 heterocycles. The Morgan fingerprint density at radius 3 is 1.96 bits per heavy atom. The largest absolute Gasteiger partial charge is 0.449 e. The van der Waals surface area contributed by atoms with Gasteiger partial charge in [0.05, 0.1) is 11.3 Å². The highest BCUT2D eigenvalue weighted by Gasteiger charge is 2.33. The van der Waals surface area contributed by atoms with Crippen LogP contribution in [0.4, 0.5) is 13.2 Å². The van der Waals surface area contributed by atoms with Crippen molar-refractivity contribution in [3.8, 4) is 0 Å². The lowest BCUT2D eigenvalue weighted by atomic mass is 10.0. The Labute approximate surface area is 156 Å². The quantitative estimate of drug-likeness (QED) is 0.860. The minimum Gasteiger partial charge on any atom is -0.348 e. The molecule has 27 heavy (non-hydrogen) atoms. The number of benzene rings is 1. The number of nitrogens with zero attached hydrogens (tertiary/aromatic N) is 1. The highest BCUT2D eigenvalue weighted by atomic mass is 19.4. The molecular formula is C20H23F3N2O2. The molecule has 2 rings (SSSR count). The van der Waals surface area contributed by atoms with Crippen LogP contribution in [0.2, 0.25) is 0 Å². The summed E-state index contributed by atoms with van der Waals surface area (Å²) in [5, 5.41) is 2.96. The first kappa shape index (κ1) is 22.3. The molecule has 0 atom stereocenters. The van der Waals surface area contributed by atoms with Crippen molar-refractivity contribution in [3.63, 3.8) is 0 Å². The van der Waals surface area contributed by atoms with Crippen LogP contribution < -0.4 is 5.32 Å². The van der Waals surface area contributed by atoms with Crippen LogP contribution in [0.25, 0.3) is 0 Å². The molecule has 0 unspecified atom stereocenters. The number of amides is 1. The van der Waals surface area contributed by atoms with Crippen LogP contribution in [0.3, 0.4) is 0 Å². The number of aryl methyl sites for hydroxylation is 2. The fraction of sp³-hybridized carbons (Fsp3) is 0.350. The number of carbonyl (C=O) groups excluding carboxylic acids is 2. The molecule has 4 nitrogen and oxygen atoms in total. The number of nitrogens with one attached hydrogen (secondary N) is 1. The lowest BCUT2D eigenvalue weighted by Crippen LogP contribution is -2.25. The predicted octanol–water partition coefficient (Wildman–Crippen LogP) is 4.38. The van der Waals surface area contributed by atoms with Crippen molar-refractivity contribution in [2.24, 2.45) is 0 Å². The fourth-order valence-electron chi connectivity index (χ4n) is 2.32. The topological polar surface area (TPSA) is 59.1 Å². The SMILES string of the molecule is CC(=O)C(F)(F)F.Cc1nc(C)c(C(=O)NCc2ccccc2)c(C)c1C. The number of Topliss-reactive ketones (excluding diaryl/α,β-unsaturated/α-hetero) is 1. The van der Waals surface area contributed by atoms with Gasteiger partial charge in [-0.25, -0.2) is 0 Å². The van der Waals surface area contributed by atoms with Crippen molar-refractivity contribution < 1.29 is 22.8 Å². The molecular weight excluding hydrogens is 357 g/mol. The molecule has 1 aromatic carbocycles. The number of alkyl halides is 3. The Balaban J connectivity index is 0.000000445. The molecule has 0 saturated carbocycles. The first-order valence-corrected chi connectivity index (χ1v) is 8.29. The van der Waals surface area contributed by atoms with E-state index in [1.807, 2.05) is 58.0 Å².